The van der Waals surface area contributed by atoms with Gasteiger partial charge in [0, 0.05) is 39.1 Å². The summed E-state index contributed by atoms with van der Waals surface area (Å²) in [7, 11) is 0. The number of rotatable bonds is 6. The normalized spacial score (nSPS) is 32.8. The van der Waals surface area contributed by atoms with Gasteiger partial charge in [0.25, 0.3) is 0 Å². The number of aromatic nitrogens is 2. The fourth-order valence-corrected chi connectivity index (χ4v) is 7.97. The summed E-state index contributed by atoms with van der Waals surface area (Å²) in [6.07, 6.45) is 10.1. The molecule has 4 saturated carbocycles. The Labute approximate surface area is 200 Å². The average molecular weight is 464 g/mol. The van der Waals surface area contributed by atoms with E-state index in [1.165, 1.54) is 18.2 Å². The quantitative estimate of drug-likeness (QED) is 0.480. The van der Waals surface area contributed by atoms with Crippen molar-refractivity contribution in [2.24, 2.45) is 17.3 Å². The molecule has 1 aromatic heterocycles. The fourth-order valence-electron chi connectivity index (χ4n) is 7.97. The van der Waals surface area contributed by atoms with Crippen LogP contribution in [0.4, 0.5) is 5.69 Å². The lowest BCUT2D eigenvalue weighted by atomic mass is 9.46. The van der Waals surface area contributed by atoms with Crippen LogP contribution in [0, 0.1) is 27.4 Å². The van der Waals surface area contributed by atoms with Crippen molar-refractivity contribution in [3.05, 3.63) is 58.4 Å². The molecule has 1 aliphatic heterocycles. The van der Waals surface area contributed by atoms with Gasteiger partial charge in [-0.3, -0.25) is 24.5 Å². The summed E-state index contributed by atoms with van der Waals surface area (Å²) >= 11 is 0. The average Bonchev–Trinajstić information content (AvgIpc) is 3.31. The number of hydrogen-bond donors (Lipinski definition) is 0. The van der Waals surface area contributed by atoms with Gasteiger partial charge in [0.1, 0.15) is 12.4 Å². The zero-order valence-electron chi connectivity index (χ0n) is 19.6. The number of benzene rings is 1. The molecule has 7 rings (SSSR count). The van der Waals surface area contributed by atoms with Crippen LogP contribution >= 0.6 is 0 Å². The van der Waals surface area contributed by atoms with Gasteiger partial charge in [-0.2, -0.15) is 5.10 Å². The first-order valence-electron chi connectivity index (χ1n) is 12.7. The molecule has 0 radical (unpaired) electrons. The Hall–Kier alpha value is -2.74. The van der Waals surface area contributed by atoms with Crippen LogP contribution in [0.15, 0.2) is 42.7 Å². The van der Waals surface area contributed by atoms with Crippen LogP contribution in [0.2, 0.25) is 0 Å². The molecule has 5 aliphatic rings. The highest BCUT2D eigenvalue weighted by molar-refractivity contribution is 5.77. The number of hydrogen-bond acceptors (Lipinski definition) is 5. The van der Waals surface area contributed by atoms with Crippen LogP contribution in [0.25, 0.3) is 0 Å². The van der Waals surface area contributed by atoms with E-state index in [2.05, 4.69) is 39.2 Å². The van der Waals surface area contributed by atoms with E-state index < -0.39 is 0 Å². The summed E-state index contributed by atoms with van der Waals surface area (Å²) in [5.41, 5.74) is 1.24. The van der Waals surface area contributed by atoms with Crippen molar-refractivity contribution in [2.75, 3.05) is 26.2 Å². The largest absolute Gasteiger partial charge is 0.340 e. The van der Waals surface area contributed by atoms with Crippen molar-refractivity contribution < 1.29 is 9.72 Å². The highest BCUT2D eigenvalue weighted by Crippen LogP contribution is 2.65. The smallest absolute Gasteiger partial charge is 0.307 e. The number of nitro groups is 1. The first-order chi connectivity index (χ1) is 16.4. The predicted molar refractivity (Wildman–Crippen MR) is 127 cm³/mol. The Balaban J connectivity index is 1.12. The monoisotopic (exact) mass is 463 g/mol. The maximum Gasteiger partial charge on any atom is 0.307 e. The molecule has 2 atom stereocenters. The molecule has 1 aromatic carbocycles. The minimum Gasteiger partial charge on any atom is -0.340 e. The third-order valence-electron chi connectivity index (χ3n) is 8.92. The summed E-state index contributed by atoms with van der Waals surface area (Å²) in [6.45, 7) is 4.37. The Morgan fingerprint density at radius 2 is 1.76 bits per heavy atom. The molecule has 2 unspecified atom stereocenters. The van der Waals surface area contributed by atoms with Crippen molar-refractivity contribution in [1.29, 1.82) is 0 Å². The third kappa shape index (κ3) is 3.91. The van der Waals surface area contributed by atoms with E-state index in [4.69, 9.17) is 0 Å². The number of amides is 1. The number of piperazine rings is 1. The van der Waals surface area contributed by atoms with Gasteiger partial charge in [-0.15, -0.1) is 0 Å². The van der Waals surface area contributed by atoms with Gasteiger partial charge < -0.3 is 4.90 Å². The highest BCUT2D eigenvalue weighted by Gasteiger charge is 2.59. The minimum atomic E-state index is -0.360. The second-order valence-electron chi connectivity index (χ2n) is 11.4. The van der Waals surface area contributed by atoms with E-state index in [-0.39, 0.29) is 21.6 Å². The van der Waals surface area contributed by atoms with Crippen LogP contribution in [0.5, 0.6) is 0 Å². The Morgan fingerprint density at radius 3 is 2.41 bits per heavy atom. The second kappa shape index (κ2) is 8.18. The van der Waals surface area contributed by atoms with E-state index >= 15 is 0 Å². The minimum absolute atomic E-state index is 0.0169. The molecule has 2 aromatic rings. The standard InChI is InChI=1S/C26H33N5O3/c32-24(29-8-6-28(7-9-29)17-20-4-2-1-3-5-20)15-25-11-21-10-22(12-25)14-26(13-21,19-25)30-18-23(16-27-30)31(33)34/h1-5,16,18,21-22H,6-15,17,19H2. The van der Waals surface area contributed by atoms with E-state index in [0.29, 0.717) is 24.2 Å². The maximum atomic E-state index is 13.5. The van der Waals surface area contributed by atoms with Crippen molar-refractivity contribution >= 4 is 11.6 Å². The van der Waals surface area contributed by atoms with Gasteiger partial charge in [-0.1, -0.05) is 30.3 Å². The molecule has 0 spiro atoms. The molecule has 180 valence electrons. The van der Waals surface area contributed by atoms with Gasteiger partial charge in [-0.05, 0) is 61.3 Å². The molecule has 5 fully saturated rings. The van der Waals surface area contributed by atoms with Crippen molar-refractivity contribution in [2.45, 2.75) is 57.0 Å². The molecule has 8 heteroatoms. The first-order valence-corrected chi connectivity index (χ1v) is 12.7. The van der Waals surface area contributed by atoms with E-state index in [9.17, 15) is 14.9 Å². The van der Waals surface area contributed by atoms with Crippen LogP contribution in [0.3, 0.4) is 0 Å². The van der Waals surface area contributed by atoms with Crippen LogP contribution < -0.4 is 0 Å². The van der Waals surface area contributed by atoms with Gasteiger partial charge in [0.15, 0.2) is 0 Å². The van der Waals surface area contributed by atoms with E-state index in [1.807, 2.05) is 10.7 Å². The molecule has 4 aliphatic carbocycles. The van der Waals surface area contributed by atoms with E-state index in [0.717, 1.165) is 64.8 Å². The fraction of sp³-hybridized carbons (Fsp3) is 0.615. The van der Waals surface area contributed by atoms with Crippen molar-refractivity contribution in [3.63, 3.8) is 0 Å². The summed E-state index contributed by atoms with van der Waals surface area (Å²) in [5.74, 6) is 1.49. The zero-order valence-corrected chi connectivity index (χ0v) is 19.6. The van der Waals surface area contributed by atoms with E-state index in [1.54, 1.807) is 6.20 Å². The SMILES string of the molecule is O=C(CC12CC3CC(C1)CC(n1cc([N+](=O)[O-])cn1)(C3)C2)N1CCN(Cc2ccccc2)CC1. The maximum absolute atomic E-state index is 13.5. The summed E-state index contributed by atoms with van der Waals surface area (Å²) in [6, 6.07) is 10.5. The van der Waals surface area contributed by atoms with Crippen molar-refractivity contribution in [1.82, 2.24) is 19.6 Å². The summed E-state index contributed by atoms with van der Waals surface area (Å²) < 4.78 is 1.89. The third-order valence-corrected chi connectivity index (χ3v) is 8.92. The zero-order chi connectivity index (χ0) is 23.3. The van der Waals surface area contributed by atoms with Gasteiger partial charge in [0.05, 0.1) is 10.5 Å². The summed E-state index contributed by atoms with van der Waals surface area (Å²) in [5, 5.41) is 15.7. The first kappa shape index (κ1) is 21.8. The van der Waals surface area contributed by atoms with Gasteiger partial charge >= 0.3 is 5.69 Å². The van der Waals surface area contributed by atoms with Crippen molar-refractivity contribution in [3.8, 4) is 0 Å². The Bertz CT molecular complexity index is 1060. The predicted octanol–water partition coefficient (Wildman–Crippen LogP) is 3.82. The van der Waals surface area contributed by atoms with Crippen LogP contribution in [0.1, 0.15) is 50.5 Å². The number of carbonyl (C=O) groups excluding carboxylic acids is 1. The number of carbonyl (C=O) groups is 1. The molecule has 4 bridgehead atoms. The highest BCUT2D eigenvalue weighted by atomic mass is 16.6. The molecule has 2 heterocycles. The number of nitrogens with zero attached hydrogens (tertiary/aromatic N) is 5. The van der Waals surface area contributed by atoms with Crippen LogP contribution in [-0.4, -0.2) is 56.6 Å². The molecule has 0 N–H and O–H groups in total. The lowest BCUT2D eigenvalue weighted by Crippen LogP contribution is -2.58. The van der Waals surface area contributed by atoms with Gasteiger partial charge in [0.2, 0.25) is 5.91 Å². The summed E-state index contributed by atoms with van der Waals surface area (Å²) in [4.78, 5) is 28.9. The molecule has 1 amide bonds. The second-order valence-corrected chi connectivity index (χ2v) is 11.4. The topological polar surface area (TPSA) is 84.5 Å². The Morgan fingerprint density at radius 1 is 1.06 bits per heavy atom. The lowest BCUT2D eigenvalue weighted by molar-refractivity contribution is -0.385. The van der Waals surface area contributed by atoms with Gasteiger partial charge in [-0.25, -0.2) is 0 Å². The molecule has 34 heavy (non-hydrogen) atoms. The Kier molecular flexibility index (Phi) is 5.24. The van der Waals surface area contributed by atoms with Crippen LogP contribution in [-0.2, 0) is 16.9 Å². The molecule has 1 saturated heterocycles. The molecular formula is C26H33N5O3. The lowest BCUT2D eigenvalue weighted by Gasteiger charge is -2.62. The molecule has 8 nitrogen and oxygen atoms in total. The molecular weight excluding hydrogens is 430 g/mol.